The Labute approximate surface area is 116 Å². The summed E-state index contributed by atoms with van der Waals surface area (Å²) in [6, 6.07) is 1.53. The predicted octanol–water partition coefficient (Wildman–Crippen LogP) is 2.55. The van der Waals surface area contributed by atoms with Crippen molar-refractivity contribution in [2.24, 2.45) is 5.14 Å². The number of benzene rings is 1. The van der Waals surface area contributed by atoms with E-state index in [1.165, 1.54) is 6.07 Å². The Morgan fingerprint density at radius 1 is 1.39 bits per heavy atom. The number of aryl methyl sites for hydroxylation is 1. The maximum absolute atomic E-state index is 11.5. The van der Waals surface area contributed by atoms with Gasteiger partial charge in [0, 0.05) is 4.48 Å². The quantitative estimate of drug-likeness (QED) is 0.920. The lowest BCUT2D eigenvalue weighted by Gasteiger charge is -2.16. The molecule has 0 amide bonds. The van der Waals surface area contributed by atoms with Crippen molar-refractivity contribution in [3.8, 4) is 5.75 Å². The molecule has 6 heteroatoms. The highest BCUT2D eigenvalue weighted by Crippen LogP contribution is 2.31. The van der Waals surface area contributed by atoms with Crippen molar-refractivity contribution in [3.05, 3.63) is 33.8 Å². The minimum Gasteiger partial charge on any atom is -0.488 e. The molecule has 0 bridgehead atoms. The highest BCUT2D eigenvalue weighted by molar-refractivity contribution is 9.11. The van der Waals surface area contributed by atoms with Crippen LogP contribution in [0, 0.1) is 20.8 Å². The molecule has 1 rings (SSSR count). The Morgan fingerprint density at radius 2 is 1.94 bits per heavy atom. The van der Waals surface area contributed by atoms with Gasteiger partial charge in [-0.15, -0.1) is 0 Å². The van der Waals surface area contributed by atoms with E-state index in [1.54, 1.807) is 13.8 Å². The molecule has 0 atom stereocenters. The van der Waals surface area contributed by atoms with Gasteiger partial charge in [-0.25, -0.2) is 13.6 Å². The topological polar surface area (TPSA) is 69.4 Å². The van der Waals surface area contributed by atoms with E-state index in [0.29, 0.717) is 17.9 Å². The van der Waals surface area contributed by atoms with Gasteiger partial charge in [-0.1, -0.05) is 22.5 Å². The van der Waals surface area contributed by atoms with Crippen molar-refractivity contribution < 1.29 is 13.2 Å². The maximum Gasteiger partial charge on any atom is 0.238 e. The summed E-state index contributed by atoms with van der Waals surface area (Å²) in [5, 5.41) is 5.18. The van der Waals surface area contributed by atoms with Crippen LogP contribution in [0.15, 0.2) is 22.0 Å². The van der Waals surface area contributed by atoms with Gasteiger partial charge in [-0.05, 0) is 43.5 Å². The lowest BCUT2D eigenvalue weighted by Crippen LogP contribution is -2.15. The largest absolute Gasteiger partial charge is 0.488 e. The molecule has 0 heterocycles. The molecule has 0 radical (unpaired) electrons. The first kappa shape index (κ1) is 15.2. The third-order valence-electron chi connectivity index (χ3n) is 2.66. The van der Waals surface area contributed by atoms with Gasteiger partial charge in [0.1, 0.15) is 12.4 Å². The van der Waals surface area contributed by atoms with Gasteiger partial charge < -0.3 is 4.74 Å². The lowest BCUT2D eigenvalue weighted by molar-refractivity contribution is 0.355. The first-order chi connectivity index (χ1) is 8.14. The molecule has 0 aromatic heterocycles. The average molecular weight is 334 g/mol. The minimum atomic E-state index is -3.71. The van der Waals surface area contributed by atoms with Crippen LogP contribution in [0.5, 0.6) is 5.75 Å². The maximum atomic E-state index is 11.5. The van der Waals surface area contributed by atoms with Crippen molar-refractivity contribution >= 4 is 26.0 Å². The van der Waals surface area contributed by atoms with Crippen LogP contribution in [0.2, 0.25) is 0 Å². The molecular weight excluding hydrogens is 318 g/mol. The molecule has 0 unspecified atom stereocenters. The summed E-state index contributed by atoms with van der Waals surface area (Å²) in [5.74, 6) is 0.667. The zero-order valence-corrected chi connectivity index (χ0v) is 13.0. The SMILES string of the molecule is C=C(Br)COc1c(C)cc(S(N)(=O)=O)c(C)c1C. The van der Waals surface area contributed by atoms with Crippen LogP contribution in [0.1, 0.15) is 16.7 Å². The van der Waals surface area contributed by atoms with Gasteiger partial charge in [-0.3, -0.25) is 0 Å². The molecule has 0 aliphatic heterocycles. The standard InChI is InChI=1S/C12H16BrNO3S/c1-7-5-11(18(14,15)16)9(3)10(4)12(7)17-6-8(2)13/h5H,2,6H2,1,3-4H3,(H2,14,15,16). The fraction of sp³-hybridized carbons (Fsp3) is 0.333. The Kier molecular flexibility index (Phi) is 4.58. The normalized spacial score (nSPS) is 11.4. The Morgan fingerprint density at radius 3 is 2.39 bits per heavy atom. The number of primary sulfonamides is 1. The third-order valence-corrected chi connectivity index (χ3v) is 3.92. The summed E-state index contributed by atoms with van der Waals surface area (Å²) < 4.78 is 29.2. The smallest absolute Gasteiger partial charge is 0.238 e. The lowest BCUT2D eigenvalue weighted by atomic mass is 10.1. The molecule has 0 saturated carbocycles. The molecular formula is C12H16BrNO3S. The highest BCUT2D eigenvalue weighted by Gasteiger charge is 2.18. The van der Waals surface area contributed by atoms with Crippen molar-refractivity contribution in [3.63, 3.8) is 0 Å². The molecule has 1 aromatic rings. The Balaban J connectivity index is 3.34. The summed E-state index contributed by atoms with van der Waals surface area (Å²) >= 11 is 3.21. The molecule has 1 aromatic carbocycles. The number of nitrogens with two attached hydrogens (primary N) is 1. The fourth-order valence-electron chi connectivity index (χ4n) is 1.69. The van der Waals surface area contributed by atoms with Crippen molar-refractivity contribution in [2.75, 3.05) is 6.61 Å². The van der Waals surface area contributed by atoms with Crippen LogP contribution in [0.25, 0.3) is 0 Å². The number of hydrogen-bond acceptors (Lipinski definition) is 3. The summed E-state index contributed by atoms with van der Waals surface area (Å²) in [6.07, 6.45) is 0. The number of rotatable bonds is 4. The molecule has 100 valence electrons. The number of halogens is 1. The van der Waals surface area contributed by atoms with Gasteiger partial charge in [0.2, 0.25) is 10.0 Å². The number of sulfonamides is 1. The first-order valence-electron chi connectivity index (χ1n) is 5.24. The predicted molar refractivity (Wildman–Crippen MR) is 75.6 cm³/mol. The summed E-state index contributed by atoms with van der Waals surface area (Å²) in [5.41, 5.74) is 2.11. The Hall–Kier alpha value is -0.850. The number of ether oxygens (including phenoxy) is 1. The van der Waals surface area contributed by atoms with E-state index in [9.17, 15) is 8.42 Å². The minimum absolute atomic E-state index is 0.141. The summed E-state index contributed by atoms with van der Waals surface area (Å²) in [4.78, 5) is 0.141. The van der Waals surface area contributed by atoms with E-state index in [0.717, 1.165) is 15.6 Å². The molecule has 0 spiro atoms. The molecule has 2 N–H and O–H groups in total. The van der Waals surface area contributed by atoms with Gasteiger partial charge in [0.15, 0.2) is 0 Å². The van der Waals surface area contributed by atoms with Crippen LogP contribution in [0.3, 0.4) is 0 Å². The van der Waals surface area contributed by atoms with E-state index in [2.05, 4.69) is 22.5 Å². The second kappa shape index (κ2) is 5.42. The van der Waals surface area contributed by atoms with Crippen LogP contribution in [0.4, 0.5) is 0 Å². The highest BCUT2D eigenvalue weighted by atomic mass is 79.9. The first-order valence-corrected chi connectivity index (χ1v) is 7.58. The van der Waals surface area contributed by atoms with Gasteiger partial charge >= 0.3 is 0 Å². The Bertz CT molecular complexity index is 594. The molecule has 0 saturated heterocycles. The molecule has 18 heavy (non-hydrogen) atoms. The van der Waals surface area contributed by atoms with Gasteiger partial charge in [-0.2, -0.15) is 0 Å². The fourth-order valence-corrected chi connectivity index (χ4v) is 2.72. The third kappa shape index (κ3) is 3.34. The second-order valence-electron chi connectivity index (χ2n) is 4.12. The monoisotopic (exact) mass is 333 g/mol. The zero-order chi connectivity index (χ0) is 14.1. The second-order valence-corrected chi connectivity index (χ2v) is 6.77. The van der Waals surface area contributed by atoms with Gasteiger partial charge in [0.05, 0.1) is 4.90 Å². The van der Waals surface area contributed by atoms with E-state index >= 15 is 0 Å². The molecule has 0 aliphatic rings. The summed E-state index contributed by atoms with van der Waals surface area (Å²) in [6.45, 7) is 9.32. The van der Waals surface area contributed by atoms with Crippen LogP contribution >= 0.6 is 15.9 Å². The van der Waals surface area contributed by atoms with Crippen molar-refractivity contribution in [1.82, 2.24) is 0 Å². The molecule has 0 aliphatic carbocycles. The van der Waals surface area contributed by atoms with E-state index in [1.807, 2.05) is 6.92 Å². The van der Waals surface area contributed by atoms with E-state index in [4.69, 9.17) is 9.88 Å². The van der Waals surface area contributed by atoms with Crippen molar-refractivity contribution in [2.45, 2.75) is 25.7 Å². The van der Waals surface area contributed by atoms with E-state index in [-0.39, 0.29) is 4.90 Å². The summed E-state index contributed by atoms with van der Waals surface area (Å²) in [7, 11) is -3.71. The average Bonchev–Trinajstić information content (AvgIpc) is 2.21. The van der Waals surface area contributed by atoms with Gasteiger partial charge in [0.25, 0.3) is 0 Å². The zero-order valence-electron chi connectivity index (χ0n) is 10.6. The van der Waals surface area contributed by atoms with Crippen LogP contribution in [-0.4, -0.2) is 15.0 Å². The molecule has 4 nitrogen and oxygen atoms in total. The van der Waals surface area contributed by atoms with Crippen LogP contribution < -0.4 is 9.88 Å². The number of hydrogen-bond donors (Lipinski definition) is 1. The molecule has 0 fully saturated rings. The van der Waals surface area contributed by atoms with Crippen molar-refractivity contribution in [1.29, 1.82) is 0 Å². The van der Waals surface area contributed by atoms with E-state index < -0.39 is 10.0 Å². The van der Waals surface area contributed by atoms with Crippen LogP contribution in [-0.2, 0) is 10.0 Å².